The number of hydrogen-bond acceptors (Lipinski definition) is 3. The van der Waals surface area contributed by atoms with E-state index in [9.17, 15) is 0 Å². The molecule has 1 aromatic heterocycles. The summed E-state index contributed by atoms with van der Waals surface area (Å²) in [6.07, 6.45) is 6.05. The molecular formula is C17H17NO2. The van der Waals surface area contributed by atoms with Crippen molar-refractivity contribution in [3.63, 3.8) is 0 Å². The van der Waals surface area contributed by atoms with Crippen molar-refractivity contribution < 1.29 is 9.47 Å². The summed E-state index contributed by atoms with van der Waals surface area (Å²) >= 11 is 0. The third-order valence-electron chi connectivity index (χ3n) is 3.56. The first-order chi connectivity index (χ1) is 9.83. The Labute approximate surface area is 118 Å². The molecule has 2 heterocycles. The van der Waals surface area contributed by atoms with Crippen molar-refractivity contribution in [2.75, 3.05) is 7.11 Å². The van der Waals surface area contributed by atoms with Gasteiger partial charge in [0.25, 0.3) is 0 Å². The van der Waals surface area contributed by atoms with Crippen molar-refractivity contribution in [3.05, 3.63) is 65.5 Å². The molecule has 0 saturated carbocycles. The molecule has 0 radical (unpaired) electrons. The molecule has 0 bridgehead atoms. The van der Waals surface area contributed by atoms with Gasteiger partial charge in [0.15, 0.2) is 0 Å². The van der Waals surface area contributed by atoms with Crippen LogP contribution >= 0.6 is 0 Å². The summed E-state index contributed by atoms with van der Waals surface area (Å²) in [7, 11) is 1.68. The van der Waals surface area contributed by atoms with Gasteiger partial charge in [-0.1, -0.05) is 18.2 Å². The summed E-state index contributed by atoms with van der Waals surface area (Å²) in [5.41, 5.74) is 3.30. The van der Waals surface area contributed by atoms with Crippen molar-refractivity contribution in [2.45, 2.75) is 19.4 Å². The molecular weight excluding hydrogens is 250 g/mol. The molecule has 1 aliphatic heterocycles. The lowest BCUT2D eigenvalue weighted by atomic mass is 9.90. The Kier molecular flexibility index (Phi) is 3.42. The van der Waals surface area contributed by atoms with E-state index in [4.69, 9.17) is 9.47 Å². The second kappa shape index (κ2) is 5.37. The highest BCUT2D eigenvalue weighted by molar-refractivity contribution is 5.50. The lowest BCUT2D eigenvalue weighted by molar-refractivity contribution is 0.301. The second-order valence-electron chi connectivity index (χ2n) is 4.74. The third-order valence-corrected chi connectivity index (χ3v) is 3.56. The number of benzene rings is 1. The molecule has 0 aliphatic carbocycles. The Morgan fingerprint density at radius 2 is 2.20 bits per heavy atom. The first-order valence-corrected chi connectivity index (χ1v) is 6.71. The fourth-order valence-corrected chi connectivity index (χ4v) is 2.60. The molecule has 0 spiro atoms. The maximum absolute atomic E-state index is 5.90. The number of nitrogens with zero attached hydrogens (tertiary/aromatic N) is 1. The Hall–Kier alpha value is -2.29. The van der Waals surface area contributed by atoms with Crippen molar-refractivity contribution in [2.24, 2.45) is 0 Å². The van der Waals surface area contributed by atoms with Crippen LogP contribution in [-0.2, 0) is 6.61 Å². The number of hydrogen-bond donors (Lipinski definition) is 0. The molecule has 102 valence electrons. The zero-order valence-electron chi connectivity index (χ0n) is 11.7. The normalized spacial score (nSPS) is 17.0. The molecule has 1 aliphatic rings. The van der Waals surface area contributed by atoms with Crippen molar-refractivity contribution >= 4 is 0 Å². The molecule has 0 fully saturated rings. The topological polar surface area (TPSA) is 31.4 Å². The third kappa shape index (κ3) is 2.16. The van der Waals surface area contributed by atoms with E-state index in [1.807, 2.05) is 37.4 Å². The highest BCUT2D eigenvalue weighted by Crippen LogP contribution is 2.39. The molecule has 1 aromatic carbocycles. The van der Waals surface area contributed by atoms with Crippen molar-refractivity contribution in [1.29, 1.82) is 0 Å². The van der Waals surface area contributed by atoms with Gasteiger partial charge in [-0.2, -0.15) is 0 Å². The number of methoxy groups -OCH3 is 1. The summed E-state index contributed by atoms with van der Waals surface area (Å²) in [4.78, 5) is 4.45. The number of allylic oxidation sites excluding steroid dienone is 2. The zero-order valence-corrected chi connectivity index (χ0v) is 11.7. The molecule has 1 atom stereocenters. The summed E-state index contributed by atoms with van der Waals surface area (Å²) < 4.78 is 11.2. The molecule has 3 heteroatoms. The molecule has 0 saturated heterocycles. The highest BCUT2D eigenvalue weighted by Gasteiger charge is 2.23. The van der Waals surface area contributed by atoms with E-state index in [-0.39, 0.29) is 5.92 Å². The molecule has 2 aromatic rings. The smallest absolute Gasteiger partial charge is 0.131 e. The Morgan fingerprint density at radius 3 is 3.00 bits per heavy atom. The minimum absolute atomic E-state index is 0.149. The predicted octanol–water partition coefficient (Wildman–Crippen LogP) is 3.69. The van der Waals surface area contributed by atoms with Gasteiger partial charge in [0.2, 0.25) is 0 Å². The van der Waals surface area contributed by atoms with E-state index < -0.39 is 0 Å². The number of pyridine rings is 1. The van der Waals surface area contributed by atoms with Gasteiger partial charge in [-0.05, 0) is 36.8 Å². The van der Waals surface area contributed by atoms with Crippen molar-refractivity contribution in [3.8, 4) is 11.5 Å². The van der Waals surface area contributed by atoms with Crippen LogP contribution in [0.4, 0.5) is 0 Å². The fraction of sp³-hybridized carbons (Fsp3) is 0.235. The predicted molar refractivity (Wildman–Crippen MR) is 78.2 cm³/mol. The van der Waals surface area contributed by atoms with E-state index in [1.165, 1.54) is 5.56 Å². The number of aromatic nitrogens is 1. The molecule has 1 unspecified atom stereocenters. The van der Waals surface area contributed by atoms with E-state index in [0.29, 0.717) is 6.61 Å². The SMILES string of the molecule is CC=CC1c2cc(OC)ccc2OCc2ncccc21. The standard InChI is InChI=1S/C17H17NO2/c1-3-5-13-14-6-4-9-18-16(14)11-20-17-8-7-12(19-2)10-15(13)17/h3-10,13H,11H2,1-2H3. The lowest BCUT2D eigenvalue weighted by Gasteiger charge is -2.15. The summed E-state index contributed by atoms with van der Waals surface area (Å²) in [6.45, 7) is 2.53. The first-order valence-electron chi connectivity index (χ1n) is 6.71. The first kappa shape index (κ1) is 12.7. The van der Waals surface area contributed by atoms with Gasteiger partial charge in [-0.25, -0.2) is 0 Å². The second-order valence-corrected chi connectivity index (χ2v) is 4.74. The number of ether oxygens (including phenoxy) is 2. The van der Waals surface area contributed by atoms with E-state index in [2.05, 4.69) is 23.2 Å². The van der Waals surface area contributed by atoms with Gasteiger partial charge in [0.05, 0.1) is 12.8 Å². The average Bonchev–Trinajstić information content (AvgIpc) is 2.65. The van der Waals surface area contributed by atoms with Crippen LogP contribution in [0.5, 0.6) is 11.5 Å². The van der Waals surface area contributed by atoms with E-state index in [1.54, 1.807) is 7.11 Å². The van der Waals surface area contributed by atoms with Gasteiger partial charge in [-0.15, -0.1) is 0 Å². The van der Waals surface area contributed by atoms with Gasteiger partial charge in [0.1, 0.15) is 18.1 Å². The molecule has 0 amide bonds. The quantitative estimate of drug-likeness (QED) is 0.778. The van der Waals surface area contributed by atoms with Crippen molar-refractivity contribution in [1.82, 2.24) is 4.98 Å². The minimum atomic E-state index is 0.149. The maximum Gasteiger partial charge on any atom is 0.131 e. The molecule has 3 nitrogen and oxygen atoms in total. The summed E-state index contributed by atoms with van der Waals surface area (Å²) in [6, 6.07) is 10.0. The molecule has 20 heavy (non-hydrogen) atoms. The van der Waals surface area contributed by atoms with E-state index in [0.717, 1.165) is 22.8 Å². The van der Waals surface area contributed by atoms with Crippen LogP contribution in [0.2, 0.25) is 0 Å². The van der Waals surface area contributed by atoms with Crippen LogP contribution in [0.25, 0.3) is 0 Å². The number of rotatable bonds is 2. The highest BCUT2D eigenvalue weighted by atomic mass is 16.5. The molecule has 0 N–H and O–H groups in total. The monoisotopic (exact) mass is 267 g/mol. The largest absolute Gasteiger partial charge is 0.497 e. The Balaban J connectivity index is 2.19. The van der Waals surface area contributed by atoms with Crippen LogP contribution in [0.3, 0.4) is 0 Å². The van der Waals surface area contributed by atoms with Crippen LogP contribution in [0.15, 0.2) is 48.7 Å². The zero-order chi connectivity index (χ0) is 13.9. The van der Waals surface area contributed by atoms with Gasteiger partial charge < -0.3 is 9.47 Å². The minimum Gasteiger partial charge on any atom is -0.497 e. The maximum atomic E-state index is 5.90. The van der Waals surface area contributed by atoms with Gasteiger partial charge in [0, 0.05) is 17.7 Å². The van der Waals surface area contributed by atoms with Crippen LogP contribution in [-0.4, -0.2) is 12.1 Å². The summed E-state index contributed by atoms with van der Waals surface area (Å²) in [5, 5.41) is 0. The lowest BCUT2D eigenvalue weighted by Crippen LogP contribution is -2.01. The summed E-state index contributed by atoms with van der Waals surface area (Å²) in [5.74, 6) is 1.89. The van der Waals surface area contributed by atoms with Crippen LogP contribution in [0, 0.1) is 0 Å². The number of fused-ring (bicyclic) bond motifs is 2. The van der Waals surface area contributed by atoms with E-state index >= 15 is 0 Å². The van der Waals surface area contributed by atoms with Gasteiger partial charge in [-0.3, -0.25) is 4.98 Å². The van der Waals surface area contributed by atoms with Crippen LogP contribution in [0.1, 0.15) is 29.7 Å². The Bertz CT molecular complexity index is 649. The van der Waals surface area contributed by atoms with Gasteiger partial charge >= 0.3 is 0 Å². The Morgan fingerprint density at radius 1 is 1.30 bits per heavy atom. The molecule has 3 rings (SSSR count). The average molecular weight is 267 g/mol. The fourth-order valence-electron chi connectivity index (χ4n) is 2.60. The van der Waals surface area contributed by atoms with Crippen LogP contribution < -0.4 is 9.47 Å².